The molecule has 3 heteroatoms. The molecule has 0 heterocycles. The van der Waals surface area contributed by atoms with Crippen molar-refractivity contribution in [2.24, 2.45) is 38.9 Å². The van der Waals surface area contributed by atoms with Gasteiger partial charge in [-0.3, -0.25) is 9.59 Å². The number of rotatable bonds is 0. The summed E-state index contributed by atoms with van der Waals surface area (Å²) < 4.78 is 0. The van der Waals surface area contributed by atoms with Crippen LogP contribution in [-0.4, -0.2) is 22.8 Å². The Hall–Kier alpha value is -1.22. The van der Waals surface area contributed by atoms with Crippen molar-refractivity contribution in [1.82, 2.24) is 0 Å². The second-order valence-electron chi connectivity index (χ2n) is 13.9. The Kier molecular flexibility index (Phi) is 4.56. The molecule has 0 radical (unpaired) electrons. The van der Waals surface area contributed by atoms with E-state index in [2.05, 4.69) is 54.5 Å². The Morgan fingerprint density at radius 3 is 2.25 bits per heavy atom. The lowest BCUT2D eigenvalue weighted by molar-refractivity contribution is -0.197. The van der Waals surface area contributed by atoms with Gasteiger partial charge in [-0.15, -0.1) is 0 Å². The first-order valence-corrected chi connectivity index (χ1v) is 12.9. The lowest BCUT2D eigenvalue weighted by Gasteiger charge is -2.69. The molecule has 0 amide bonds. The number of aliphatic hydroxyl groups excluding tert-OH is 1. The number of Topliss-reactive ketones (excluding diaryl/α,β-unsaturated/α-hetero) is 2. The van der Waals surface area contributed by atoms with E-state index < -0.39 is 6.10 Å². The van der Waals surface area contributed by atoms with Gasteiger partial charge in [-0.2, -0.15) is 0 Å². The van der Waals surface area contributed by atoms with Crippen LogP contribution in [0.25, 0.3) is 0 Å². The molecule has 0 aromatic carbocycles. The molecule has 3 nitrogen and oxygen atoms in total. The van der Waals surface area contributed by atoms with E-state index in [-0.39, 0.29) is 38.9 Å². The van der Waals surface area contributed by atoms with Crippen LogP contribution in [0.5, 0.6) is 0 Å². The minimum atomic E-state index is -0.521. The van der Waals surface area contributed by atoms with Crippen molar-refractivity contribution in [3.8, 4) is 0 Å². The second kappa shape index (κ2) is 6.46. The molecule has 1 N–H and O–H groups in total. The molecule has 0 bridgehead atoms. The second-order valence-corrected chi connectivity index (χ2v) is 13.9. The highest BCUT2D eigenvalue weighted by molar-refractivity contribution is 6.00. The van der Waals surface area contributed by atoms with E-state index in [1.54, 1.807) is 0 Å². The number of fused-ring (bicyclic) bond motifs is 6. The summed E-state index contributed by atoms with van der Waals surface area (Å²) in [4.78, 5) is 26.4. The highest BCUT2D eigenvalue weighted by Crippen LogP contribution is 2.73. The molecular formula is C29H42O3. The third-order valence-corrected chi connectivity index (χ3v) is 11.4. The smallest absolute Gasteiger partial charge is 0.160 e. The van der Waals surface area contributed by atoms with Crippen molar-refractivity contribution in [1.29, 1.82) is 0 Å². The van der Waals surface area contributed by atoms with Gasteiger partial charge in [0.05, 0.1) is 6.10 Å². The first-order valence-electron chi connectivity index (χ1n) is 12.9. The van der Waals surface area contributed by atoms with Crippen molar-refractivity contribution < 1.29 is 14.7 Å². The molecular weight excluding hydrogens is 396 g/mol. The summed E-state index contributed by atoms with van der Waals surface area (Å²) in [6.07, 6.45) is 8.51. The number of aliphatic hydroxyl groups is 1. The fourth-order valence-corrected chi connectivity index (χ4v) is 9.44. The Labute approximate surface area is 194 Å². The van der Waals surface area contributed by atoms with Crippen LogP contribution in [0.2, 0.25) is 0 Å². The predicted molar refractivity (Wildman–Crippen MR) is 127 cm³/mol. The van der Waals surface area contributed by atoms with Gasteiger partial charge in [-0.1, -0.05) is 54.5 Å². The number of ketones is 2. The molecule has 5 aliphatic rings. The SMILES string of the molecule is CC1(C)CCC2=C(C1)C1=C[C@@H](O)[C@@H]3[C@@]4(C)CCC(=O)C(C)(C)[C@@H]4CC[C@@]3(C)[C@]1(C)CC2=O. The average Bonchev–Trinajstić information content (AvgIpc) is 2.66. The molecule has 5 rings (SSSR count). The summed E-state index contributed by atoms with van der Waals surface area (Å²) >= 11 is 0. The molecule has 2 fully saturated rings. The van der Waals surface area contributed by atoms with Gasteiger partial charge >= 0.3 is 0 Å². The van der Waals surface area contributed by atoms with Gasteiger partial charge in [0.15, 0.2) is 5.78 Å². The van der Waals surface area contributed by atoms with Crippen LogP contribution in [0.1, 0.15) is 99.8 Å². The Bertz CT molecular complexity index is 965. The Balaban J connectivity index is 1.67. The Morgan fingerprint density at radius 2 is 1.56 bits per heavy atom. The van der Waals surface area contributed by atoms with E-state index in [9.17, 15) is 14.7 Å². The summed E-state index contributed by atoms with van der Waals surface area (Å²) in [5.41, 5.74) is 2.92. The van der Waals surface area contributed by atoms with Gasteiger partial charge in [0, 0.05) is 29.6 Å². The highest BCUT2D eigenvalue weighted by atomic mass is 16.3. The van der Waals surface area contributed by atoms with E-state index in [1.165, 1.54) is 11.1 Å². The molecule has 0 aliphatic heterocycles. The molecule has 176 valence electrons. The maximum Gasteiger partial charge on any atom is 0.160 e. The van der Waals surface area contributed by atoms with Crippen molar-refractivity contribution in [2.75, 3.05) is 0 Å². The van der Waals surface area contributed by atoms with Gasteiger partial charge in [-0.25, -0.2) is 0 Å². The number of carbonyl (C=O) groups excluding carboxylic acids is 2. The van der Waals surface area contributed by atoms with Crippen LogP contribution < -0.4 is 0 Å². The van der Waals surface area contributed by atoms with Crippen molar-refractivity contribution in [2.45, 2.75) is 106 Å². The molecule has 0 saturated heterocycles. The van der Waals surface area contributed by atoms with Crippen LogP contribution >= 0.6 is 0 Å². The van der Waals surface area contributed by atoms with E-state index in [0.29, 0.717) is 24.4 Å². The highest BCUT2D eigenvalue weighted by Gasteiger charge is 2.68. The van der Waals surface area contributed by atoms with E-state index >= 15 is 0 Å². The molecule has 2 saturated carbocycles. The first-order chi connectivity index (χ1) is 14.7. The van der Waals surface area contributed by atoms with Crippen LogP contribution in [0, 0.1) is 38.9 Å². The Morgan fingerprint density at radius 1 is 0.875 bits per heavy atom. The zero-order chi connectivity index (χ0) is 23.5. The van der Waals surface area contributed by atoms with Crippen molar-refractivity contribution in [3.05, 3.63) is 22.8 Å². The number of hydrogen-bond acceptors (Lipinski definition) is 3. The van der Waals surface area contributed by atoms with E-state index in [4.69, 9.17) is 0 Å². The number of hydrogen-bond donors (Lipinski definition) is 1. The monoisotopic (exact) mass is 438 g/mol. The van der Waals surface area contributed by atoms with Crippen LogP contribution in [0.4, 0.5) is 0 Å². The molecule has 0 aromatic heterocycles. The number of allylic oxidation sites excluding steroid dienone is 3. The lowest BCUT2D eigenvalue weighted by Crippen LogP contribution is -2.66. The number of carbonyl (C=O) groups is 2. The average molecular weight is 439 g/mol. The fourth-order valence-electron chi connectivity index (χ4n) is 9.44. The topological polar surface area (TPSA) is 54.4 Å². The van der Waals surface area contributed by atoms with Gasteiger partial charge < -0.3 is 5.11 Å². The third kappa shape index (κ3) is 2.64. The van der Waals surface area contributed by atoms with E-state index in [1.807, 2.05) is 0 Å². The molecule has 0 aromatic rings. The lowest BCUT2D eigenvalue weighted by atomic mass is 9.35. The van der Waals surface area contributed by atoms with Crippen molar-refractivity contribution in [3.63, 3.8) is 0 Å². The van der Waals surface area contributed by atoms with Gasteiger partial charge in [0.1, 0.15) is 5.78 Å². The van der Waals surface area contributed by atoms with Gasteiger partial charge in [-0.05, 0) is 77.4 Å². The first kappa shape index (κ1) is 22.6. The summed E-state index contributed by atoms with van der Waals surface area (Å²) in [5.74, 6) is 1.08. The van der Waals surface area contributed by atoms with Crippen LogP contribution in [0.15, 0.2) is 22.8 Å². The minimum absolute atomic E-state index is 0.0708. The molecule has 5 aliphatic carbocycles. The summed E-state index contributed by atoms with van der Waals surface area (Å²) in [5, 5.41) is 11.8. The largest absolute Gasteiger partial charge is 0.389 e. The maximum absolute atomic E-state index is 13.5. The fraction of sp³-hybridized carbons (Fsp3) is 0.793. The van der Waals surface area contributed by atoms with Gasteiger partial charge in [0.25, 0.3) is 0 Å². The summed E-state index contributed by atoms with van der Waals surface area (Å²) in [6, 6.07) is 0. The van der Waals surface area contributed by atoms with Crippen LogP contribution in [-0.2, 0) is 9.59 Å². The minimum Gasteiger partial charge on any atom is -0.389 e. The zero-order valence-corrected chi connectivity index (χ0v) is 21.2. The van der Waals surface area contributed by atoms with Gasteiger partial charge in [0.2, 0.25) is 0 Å². The quantitative estimate of drug-likeness (QED) is 0.490. The van der Waals surface area contributed by atoms with Crippen LogP contribution in [0.3, 0.4) is 0 Å². The summed E-state index contributed by atoms with van der Waals surface area (Å²) in [6.45, 7) is 15.9. The van der Waals surface area contributed by atoms with E-state index in [0.717, 1.165) is 44.1 Å². The molecule has 0 unspecified atom stereocenters. The third-order valence-electron chi connectivity index (χ3n) is 11.4. The molecule has 6 atom stereocenters. The van der Waals surface area contributed by atoms with Crippen molar-refractivity contribution >= 4 is 11.6 Å². The zero-order valence-electron chi connectivity index (χ0n) is 21.2. The predicted octanol–water partition coefficient (Wildman–Crippen LogP) is 6.20. The molecule has 0 spiro atoms. The normalized spacial score (nSPS) is 47.1. The standard InChI is InChI=1S/C29H42O3/c1-25(2)11-8-17-18(15-25)19-14-20(30)24-27(5)12-10-23(32)26(3,4)22(27)9-13-28(24,6)29(19,7)16-21(17)31/h14,20,22,24,30H,8-13,15-16H2,1-7H3/t20-,22+,24-,27+,28-,29-/m1/s1. The molecule has 32 heavy (non-hydrogen) atoms. The maximum atomic E-state index is 13.5. The summed E-state index contributed by atoms with van der Waals surface area (Å²) in [7, 11) is 0.